The van der Waals surface area contributed by atoms with Crippen molar-refractivity contribution in [3.8, 4) is 0 Å². The van der Waals surface area contributed by atoms with Crippen LogP contribution in [0.4, 0.5) is 0 Å². The van der Waals surface area contributed by atoms with Gasteiger partial charge in [0.05, 0.1) is 12.2 Å². The molecule has 5 heteroatoms. The van der Waals surface area contributed by atoms with Crippen LogP contribution in [-0.4, -0.2) is 32.6 Å². The van der Waals surface area contributed by atoms with E-state index in [0.717, 1.165) is 50.2 Å². The summed E-state index contributed by atoms with van der Waals surface area (Å²) in [7, 11) is 0. The van der Waals surface area contributed by atoms with Crippen molar-refractivity contribution < 1.29 is 14.7 Å². The van der Waals surface area contributed by atoms with Crippen molar-refractivity contribution >= 4 is 0 Å². The van der Waals surface area contributed by atoms with Gasteiger partial charge in [-0.15, -0.1) is 0 Å². The van der Waals surface area contributed by atoms with Crippen molar-refractivity contribution in [3.05, 3.63) is 11.7 Å². The highest BCUT2D eigenvalue weighted by atomic mass is 16.5. The maximum atomic E-state index is 11.4. The van der Waals surface area contributed by atoms with Gasteiger partial charge in [-0.05, 0) is 111 Å². The standard InChI is InChI=1S/C26H42N2O3/c1-15(5-8-23-27-16(2)28-31-23)19-6-7-20-24-21(10-12-26(19,20)4)25(3)11-9-18(29)13-17(25)14-22(24)30/h15,17-22,24,29-30H,5-14H2,1-4H3/t15-,17+,18-,19-,20+,21+,22+,24+,25+,26-/m1/s1. The van der Waals surface area contributed by atoms with Crippen molar-refractivity contribution in [2.24, 2.45) is 46.3 Å². The van der Waals surface area contributed by atoms with E-state index in [-0.39, 0.29) is 12.2 Å². The SMILES string of the molecule is Cc1noc(CC[C@@H](C)[C@H]2CC[C@H]3[C@@H]4[C@@H](O)C[C@@H]5C[C@H](O)CC[C@]5(C)[C@H]4CC[C@]23C)n1. The van der Waals surface area contributed by atoms with Crippen LogP contribution in [0, 0.1) is 53.3 Å². The van der Waals surface area contributed by atoms with E-state index >= 15 is 0 Å². The van der Waals surface area contributed by atoms with Crippen LogP contribution in [0.25, 0.3) is 0 Å². The van der Waals surface area contributed by atoms with Crippen molar-refractivity contribution in [1.82, 2.24) is 10.1 Å². The summed E-state index contributed by atoms with van der Waals surface area (Å²) < 4.78 is 5.35. The molecule has 0 unspecified atom stereocenters. The molecule has 4 aliphatic rings. The quantitative estimate of drug-likeness (QED) is 0.707. The zero-order chi connectivity index (χ0) is 22.0. The average molecular weight is 431 g/mol. The molecule has 0 bridgehead atoms. The van der Waals surface area contributed by atoms with Gasteiger partial charge in [0.25, 0.3) is 0 Å². The molecular weight excluding hydrogens is 388 g/mol. The number of aliphatic hydroxyl groups excluding tert-OH is 2. The van der Waals surface area contributed by atoms with Gasteiger partial charge in [0.2, 0.25) is 5.89 Å². The summed E-state index contributed by atoms with van der Waals surface area (Å²) in [6, 6.07) is 0. The van der Waals surface area contributed by atoms with E-state index < -0.39 is 0 Å². The van der Waals surface area contributed by atoms with E-state index in [9.17, 15) is 10.2 Å². The van der Waals surface area contributed by atoms with Gasteiger partial charge in [-0.2, -0.15) is 4.98 Å². The van der Waals surface area contributed by atoms with E-state index in [4.69, 9.17) is 4.52 Å². The number of aryl methyl sites for hydroxylation is 2. The number of fused-ring (bicyclic) bond motifs is 5. The molecule has 4 fully saturated rings. The molecule has 5 rings (SSSR count). The number of rotatable bonds is 4. The Labute approximate surface area is 187 Å². The lowest BCUT2D eigenvalue weighted by atomic mass is 9.43. The Morgan fingerprint density at radius 2 is 1.77 bits per heavy atom. The molecule has 1 aromatic heterocycles. The predicted molar refractivity (Wildman–Crippen MR) is 119 cm³/mol. The van der Waals surface area contributed by atoms with Crippen LogP contribution < -0.4 is 0 Å². The van der Waals surface area contributed by atoms with Crippen LogP contribution in [0.1, 0.15) is 90.3 Å². The Morgan fingerprint density at radius 1 is 1.03 bits per heavy atom. The van der Waals surface area contributed by atoms with E-state index in [2.05, 4.69) is 30.9 Å². The molecule has 0 aromatic carbocycles. The third-order valence-corrected chi connectivity index (χ3v) is 10.8. The number of nitrogens with zero attached hydrogens (tertiary/aromatic N) is 2. The Hall–Kier alpha value is -0.940. The van der Waals surface area contributed by atoms with Crippen molar-refractivity contribution in [2.75, 3.05) is 0 Å². The molecule has 1 aromatic rings. The molecule has 2 N–H and O–H groups in total. The molecule has 5 nitrogen and oxygen atoms in total. The third-order valence-electron chi connectivity index (χ3n) is 10.8. The topological polar surface area (TPSA) is 79.4 Å². The Balaban J connectivity index is 1.32. The number of aliphatic hydroxyl groups is 2. The zero-order valence-electron chi connectivity index (χ0n) is 19.9. The van der Waals surface area contributed by atoms with Crippen LogP contribution in [-0.2, 0) is 6.42 Å². The minimum Gasteiger partial charge on any atom is -0.393 e. The number of aromatic nitrogens is 2. The van der Waals surface area contributed by atoms with E-state index in [1.54, 1.807) is 0 Å². The van der Waals surface area contributed by atoms with Crippen molar-refractivity contribution in [2.45, 2.75) is 104 Å². The molecule has 174 valence electrons. The minimum atomic E-state index is -0.187. The molecule has 0 spiro atoms. The van der Waals surface area contributed by atoms with Crippen LogP contribution in [0.15, 0.2) is 4.52 Å². The first kappa shape index (κ1) is 21.9. The average Bonchev–Trinajstić information content (AvgIpc) is 3.30. The maximum absolute atomic E-state index is 11.4. The highest BCUT2D eigenvalue weighted by Crippen LogP contribution is 2.68. The van der Waals surface area contributed by atoms with Gasteiger partial charge in [0.15, 0.2) is 5.82 Å². The first-order valence-electron chi connectivity index (χ1n) is 12.9. The maximum Gasteiger partial charge on any atom is 0.226 e. The summed E-state index contributed by atoms with van der Waals surface area (Å²) in [6.07, 6.45) is 10.6. The Bertz CT molecular complexity index is 795. The highest BCUT2D eigenvalue weighted by molar-refractivity contribution is 5.11. The van der Waals surface area contributed by atoms with Gasteiger partial charge in [-0.1, -0.05) is 25.9 Å². The molecule has 0 amide bonds. The summed E-state index contributed by atoms with van der Waals surface area (Å²) in [5.74, 6) is 5.06. The van der Waals surface area contributed by atoms with Gasteiger partial charge in [-0.25, -0.2) is 0 Å². The second kappa shape index (κ2) is 7.83. The lowest BCUT2D eigenvalue weighted by Gasteiger charge is -2.62. The van der Waals surface area contributed by atoms with E-state index in [1.165, 1.54) is 25.7 Å². The van der Waals surface area contributed by atoms with E-state index in [0.29, 0.717) is 46.3 Å². The van der Waals surface area contributed by atoms with Crippen molar-refractivity contribution in [3.63, 3.8) is 0 Å². The highest BCUT2D eigenvalue weighted by Gasteiger charge is 2.62. The minimum absolute atomic E-state index is 0.157. The van der Waals surface area contributed by atoms with Gasteiger partial charge < -0.3 is 14.7 Å². The third kappa shape index (κ3) is 3.49. The predicted octanol–water partition coefficient (Wildman–Crippen LogP) is 4.94. The fourth-order valence-corrected chi connectivity index (χ4v) is 9.17. The fourth-order valence-electron chi connectivity index (χ4n) is 9.17. The summed E-state index contributed by atoms with van der Waals surface area (Å²) in [4.78, 5) is 4.39. The van der Waals surface area contributed by atoms with E-state index in [1.807, 2.05) is 6.92 Å². The summed E-state index contributed by atoms with van der Waals surface area (Å²) in [5, 5.41) is 25.6. The van der Waals surface area contributed by atoms with Crippen LogP contribution in [0.5, 0.6) is 0 Å². The number of hydrogen-bond donors (Lipinski definition) is 2. The molecular formula is C26H42N2O3. The first-order valence-corrected chi connectivity index (χ1v) is 12.9. The molecule has 1 heterocycles. The van der Waals surface area contributed by atoms with Gasteiger partial charge in [0.1, 0.15) is 0 Å². The second-order valence-electron chi connectivity index (χ2n) is 12.2. The summed E-state index contributed by atoms with van der Waals surface area (Å²) in [6.45, 7) is 9.34. The van der Waals surface area contributed by atoms with Crippen molar-refractivity contribution in [1.29, 1.82) is 0 Å². The molecule has 0 aliphatic heterocycles. The Morgan fingerprint density at radius 3 is 2.52 bits per heavy atom. The van der Waals surface area contributed by atoms with Gasteiger partial charge >= 0.3 is 0 Å². The fraction of sp³-hybridized carbons (Fsp3) is 0.923. The van der Waals surface area contributed by atoms with Crippen LogP contribution >= 0.6 is 0 Å². The lowest BCUT2D eigenvalue weighted by Crippen LogP contribution is -2.58. The largest absolute Gasteiger partial charge is 0.393 e. The summed E-state index contributed by atoms with van der Waals surface area (Å²) >= 11 is 0. The second-order valence-corrected chi connectivity index (χ2v) is 12.2. The molecule has 31 heavy (non-hydrogen) atoms. The normalized spacial score (nSPS) is 48.0. The zero-order valence-corrected chi connectivity index (χ0v) is 19.9. The van der Waals surface area contributed by atoms with Gasteiger partial charge in [0, 0.05) is 6.42 Å². The lowest BCUT2D eigenvalue weighted by molar-refractivity contribution is -0.174. The monoisotopic (exact) mass is 430 g/mol. The molecule has 10 atom stereocenters. The molecule has 4 saturated carbocycles. The number of hydrogen-bond acceptors (Lipinski definition) is 5. The van der Waals surface area contributed by atoms with Gasteiger partial charge in [-0.3, -0.25) is 0 Å². The summed E-state index contributed by atoms with van der Waals surface area (Å²) in [5.41, 5.74) is 0.647. The van der Waals surface area contributed by atoms with Crippen LogP contribution in [0.2, 0.25) is 0 Å². The smallest absolute Gasteiger partial charge is 0.226 e. The molecule has 4 aliphatic carbocycles. The van der Waals surface area contributed by atoms with Crippen LogP contribution in [0.3, 0.4) is 0 Å². The Kier molecular flexibility index (Phi) is 5.53. The molecule has 0 saturated heterocycles. The molecule has 0 radical (unpaired) electrons. The first-order chi connectivity index (χ1) is 14.7.